The Morgan fingerprint density at radius 1 is 1.53 bits per heavy atom. The Kier molecular flexibility index (Phi) is 3.82. The summed E-state index contributed by atoms with van der Waals surface area (Å²) in [7, 11) is -1.74. The van der Waals surface area contributed by atoms with Crippen LogP contribution in [0.15, 0.2) is 18.2 Å². The molecular weight excluding hydrogens is 202 g/mol. The zero-order valence-electron chi connectivity index (χ0n) is 8.11. The van der Waals surface area contributed by atoms with Crippen molar-refractivity contribution in [2.24, 2.45) is 0 Å². The lowest BCUT2D eigenvalue weighted by Gasteiger charge is -2.05. The quantitative estimate of drug-likeness (QED) is 0.532. The molecule has 0 amide bonds. The molecular formula is C9H10BFO4. The summed E-state index contributed by atoms with van der Waals surface area (Å²) >= 11 is 0. The molecule has 15 heavy (non-hydrogen) atoms. The Hall–Kier alpha value is -1.40. The van der Waals surface area contributed by atoms with E-state index < -0.39 is 18.9 Å². The Morgan fingerprint density at radius 2 is 2.20 bits per heavy atom. The SMILES string of the molecule is CCOC(=O)c1cc(B(O)O)ccc1F. The molecule has 0 aliphatic rings. The zero-order valence-corrected chi connectivity index (χ0v) is 8.11. The van der Waals surface area contributed by atoms with Crippen LogP contribution in [0.4, 0.5) is 4.39 Å². The van der Waals surface area contributed by atoms with Crippen LogP contribution in [-0.2, 0) is 4.74 Å². The molecule has 1 aromatic rings. The molecule has 0 atom stereocenters. The molecule has 2 N–H and O–H groups in total. The molecule has 0 aliphatic carbocycles. The Morgan fingerprint density at radius 3 is 2.73 bits per heavy atom. The lowest BCUT2D eigenvalue weighted by atomic mass is 9.79. The van der Waals surface area contributed by atoms with Gasteiger partial charge in [0.1, 0.15) is 5.82 Å². The molecule has 4 nitrogen and oxygen atoms in total. The van der Waals surface area contributed by atoms with Crippen molar-refractivity contribution in [1.82, 2.24) is 0 Å². The number of esters is 1. The summed E-state index contributed by atoms with van der Waals surface area (Å²) in [5.74, 6) is -1.57. The van der Waals surface area contributed by atoms with E-state index in [4.69, 9.17) is 10.0 Å². The molecule has 0 spiro atoms. The van der Waals surface area contributed by atoms with Gasteiger partial charge in [-0.05, 0) is 24.5 Å². The number of rotatable bonds is 3. The van der Waals surface area contributed by atoms with Gasteiger partial charge in [0.2, 0.25) is 0 Å². The van der Waals surface area contributed by atoms with Gasteiger partial charge < -0.3 is 14.8 Å². The summed E-state index contributed by atoms with van der Waals surface area (Å²) in [5.41, 5.74) is -0.262. The van der Waals surface area contributed by atoms with Crippen LogP contribution in [0, 0.1) is 5.82 Å². The molecule has 0 unspecified atom stereocenters. The normalized spacial score (nSPS) is 9.87. The standard InChI is InChI=1S/C9H10BFO4/c1-2-15-9(12)7-5-6(10(13)14)3-4-8(7)11/h3-5,13-14H,2H2,1H3. The van der Waals surface area contributed by atoms with Crippen LogP contribution in [0.3, 0.4) is 0 Å². The minimum atomic E-state index is -1.74. The highest BCUT2D eigenvalue weighted by atomic mass is 19.1. The lowest BCUT2D eigenvalue weighted by Crippen LogP contribution is -2.30. The largest absolute Gasteiger partial charge is 0.488 e. The van der Waals surface area contributed by atoms with E-state index in [2.05, 4.69) is 4.74 Å². The first kappa shape index (κ1) is 11.7. The lowest BCUT2D eigenvalue weighted by molar-refractivity contribution is 0.0521. The van der Waals surface area contributed by atoms with E-state index >= 15 is 0 Å². The topological polar surface area (TPSA) is 66.8 Å². The maximum atomic E-state index is 13.1. The Bertz CT molecular complexity index is 367. The van der Waals surface area contributed by atoms with Gasteiger partial charge in [-0.3, -0.25) is 0 Å². The van der Waals surface area contributed by atoms with Gasteiger partial charge in [-0.2, -0.15) is 0 Å². The summed E-state index contributed by atoms with van der Waals surface area (Å²) in [6, 6.07) is 3.22. The maximum Gasteiger partial charge on any atom is 0.488 e. The summed E-state index contributed by atoms with van der Waals surface area (Å²) in [5, 5.41) is 17.7. The van der Waals surface area contributed by atoms with Crippen molar-refractivity contribution >= 4 is 18.6 Å². The first-order chi connectivity index (χ1) is 7.06. The smallest absolute Gasteiger partial charge is 0.462 e. The zero-order chi connectivity index (χ0) is 11.4. The molecule has 0 aliphatic heterocycles. The molecule has 0 fully saturated rings. The highest BCUT2D eigenvalue weighted by molar-refractivity contribution is 6.58. The molecule has 1 rings (SSSR count). The average molecular weight is 212 g/mol. The van der Waals surface area contributed by atoms with Gasteiger partial charge in [0.15, 0.2) is 0 Å². The number of benzene rings is 1. The van der Waals surface area contributed by atoms with Gasteiger partial charge in [0, 0.05) is 0 Å². The van der Waals surface area contributed by atoms with E-state index in [0.717, 1.165) is 12.1 Å². The van der Waals surface area contributed by atoms with Gasteiger partial charge in [-0.15, -0.1) is 0 Å². The second-order valence-corrected chi connectivity index (χ2v) is 2.83. The average Bonchev–Trinajstić information content (AvgIpc) is 2.18. The number of carbonyl (C=O) groups excluding carboxylic acids is 1. The number of halogens is 1. The molecule has 0 saturated carbocycles. The fourth-order valence-corrected chi connectivity index (χ4v) is 1.07. The monoisotopic (exact) mass is 212 g/mol. The number of ether oxygens (including phenoxy) is 1. The fourth-order valence-electron chi connectivity index (χ4n) is 1.07. The highest BCUT2D eigenvalue weighted by Crippen LogP contribution is 2.07. The van der Waals surface area contributed by atoms with Crippen LogP contribution in [-0.4, -0.2) is 29.7 Å². The molecule has 1 aromatic carbocycles. The first-order valence-corrected chi connectivity index (χ1v) is 4.39. The second-order valence-electron chi connectivity index (χ2n) is 2.83. The minimum absolute atomic E-state index is 0.0412. The number of hydrogen-bond acceptors (Lipinski definition) is 4. The van der Waals surface area contributed by atoms with Crippen LogP contribution in [0.2, 0.25) is 0 Å². The van der Waals surface area contributed by atoms with Gasteiger partial charge in [-0.1, -0.05) is 6.07 Å². The first-order valence-electron chi connectivity index (χ1n) is 4.39. The van der Waals surface area contributed by atoms with Crippen LogP contribution in [0.5, 0.6) is 0 Å². The highest BCUT2D eigenvalue weighted by Gasteiger charge is 2.18. The minimum Gasteiger partial charge on any atom is -0.462 e. The van der Waals surface area contributed by atoms with Gasteiger partial charge in [-0.25, -0.2) is 9.18 Å². The Labute approximate surface area is 86.4 Å². The van der Waals surface area contributed by atoms with Crippen molar-refractivity contribution in [3.63, 3.8) is 0 Å². The van der Waals surface area contributed by atoms with E-state index in [1.54, 1.807) is 6.92 Å². The second kappa shape index (κ2) is 4.90. The van der Waals surface area contributed by atoms with E-state index in [-0.39, 0.29) is 17.6 Å². The summed E-state index contributed by atoms with van der Waals surface area (Å²) in [6.45, 7) is 1.73. The summed E-state index contributed by atoms with van der Waals surface area (Å²) in [6.07, 6.45) is 0. The maximum absolute atomic E-state index is 13.1. The molecule has 80 valence electrons. The van der Waals surface area contributed by atoms with Crippen molar-refractivity contribution in [1.29, 1.82) is 0 Å². The van der Waals surface area contributed by atoms with Crippen LogP contribution < -0.4 is 5.46 Å². The van der Waals surface area contributed by atoms with E-state index in [1.807, 2.05) is 0 Å². The van der Waals surface area contributed by atoms with E-state index in [0.29, 0.717) is 0 Å². The molecule has 0 radical (unpaired) electrons. The predicted molar refractivity (Wildman–Crippen MR) is 52.2 cm³/mol. The summed E-state index contributed by atoms with van der Waals surface area (Å²) in [4.78, 5) is 11.2. The molecule has 0 aromatic heterocycles. The van der Waals surface area contributed by atoms with Crippen molar-refractivity contribution < 1.29 is 24.0 Å². The molecule has 0 heterocycles. The van der Waals surface area contributed by atoms with E-state index in [9.17, 15) is 9.18 Å². The van der Waals surface area contributed by atoms with Crippen LogP contribution in [0.1, 0.15) is 17.3 Å². The third-order valence-electron chi connectivity index (χ3n) is 1.78. The van der Waals surface area contributed by atoms with Crippen molar-refractivity contribution in [2.75, 3.05) is 6.61 Å². The van der Waals surface area contributed by atoms with E-state index in [1.165, 1.54) is 6.07 Å². The van der Waals surface area contributed by atoms with Crippen molar-refractivity contribution in [3.05, 3.63) is 29.6 Å². The number of carbonyl (C=O) groups is 1. The van der Waals surface area contributed by atoms with Gasteiger partial charge >= 0.3 is 13.1 Å². The van der Waals surface area contributed by atoms with Crippen LogP contribution >= 0.6 is 0 Å². The molecule has 0 saturated heterocycles. The van der Waals surface area contributed by atoms with Gasteiger partial charge in [0.05, 0.1) is 12.2 Å². The van der Waals surface area contributed by atoms with Crippen molar-refractivity contribution in [3.8, 4) is 0 Å². The summed E-state index contributed by atoms with van der Waals surface area (Å²) < 4.78 is 17.7. The Balaban J connectivity index is 3.05. The third kappa shape index (κ3) is 2.77. The van der Waals surface area contributed by atoms with Crippen molar-refractivity contribution in [2.45, 2.75) is 6.92 Å². The predicted octanol–water partition coefficient (Wildman–Crippen LogP) is -0.318. The van der Waals surface area contributed by atoms with Crippen LogP contribution in [0.25, 0.3) is 0 Å². The third-order valence-corrected chi connectivity index (χ3v) is 1.78. The van der Waals surface area contributed by atoms with Gasteiger partial charge in [0.25, 0.3) is 0 Å². The number of hydrogen-bond donors (Lipinski definition) is 2. The fraction of sp³-hybridized carbons (Fsp3) is 0.222. The molecule has 6 heteroatoms. The molecule has 0 bridgehead atoms.